The van der Waals surface area contributed by atoms with Gasteiger partial charge in [0, 0.05) is 33.4 Å². The van der Waals surface area contributed by atoms with Gasteiger partial charge >= 0.3 is 0 Å². The van der Waals surface area contributed by atoms with Gasteiger partial charge in [-0.15, -0.1) is 0 Å². The van der Waals surface area contributed by atoms with Crippen molar-refractivity contribution in [3.63, 3.8) is 0 Å². The van der Waals surface area contributed by atoms with E-state index in [1.165, 1.54) is 0 Å². The summed E-state index contributed by atoms with van der Waals surface area (Å²) in [5, 5.41) is 3.51. The van der Waals surface area contributed by atoms with Crippen molar-refractivity contribution in [3.8, 4) is 17.1 Å². The number of benzene rings is 3. The molecule has 3 aromatic carbocycles. The van der Waals surface area contributed by atoms with E-state index in [2.05, 4.69) is 59.2 Å². The molecule has 5 heteroatoms. The van der Waals surface area contributed by atoms with E-state index in [-0.39, 0.29) is 0 Å². The van der Waals surface area contributed by atoms with Crippen LogP contribution < -0.4 is 0 Å². The van der Waals surface area contributed by atoms with E-state index >= 15 is 0 Å². The Morgan fingerprint density at radius 2 is 1.47 bits per heavy atom. The summed E-state index contributed by atoms with van der Waals surface area (Å²) in [5.41, 5.74) is 5.87. The van der Waals surface area contributed by atoms with Gasteiger partial charge < -0.3 is 0 Å². The first kappa shape index (κ1) is 21.0. The number of pyridine rings is 1. The van der Waals surface area contributed by atoms with E-state index in [1.807, 2.05) is 48.5 Å². The number of halogens is 1. The van der Waals surface area contributed by atoms with Crippen molar-refractivity contribution >= 4 is 49.9 Å². The molecule has 0 fully saturated rings. The van der Waals surface area contributed by atoms with E-state index in [0.29, 0.717) is 5.15 Å². The van der Waals surface area contributed by atoms with Crippen LogP contribution in [0.1, 0.15) is 18.7 Å². The van der Waals surface area contributed by atoms with Gasteiger partial charge in [-0.25, -0.2) is 15.0 Å². The molecule has 1 aliphatic carbocycles. The molecule has 0 unspecified atom stereocenters. The van der Waals surface area contributed by atoms with Crippen LogP contribution in [0.15, 0.2) is 103 Å². The normalized spacial score (nSPS) is 13.5. The zero-order chi connectivity index (χ0) is 24.1. The molecule has 0 aliphatic heterocycles. The van der Waals surface area contributed by atoms with Crippen molar-refractivity contribution in [3.05, 3.63) is 114 Å². The summed E-state index contributed by atoms with van der Waals surface area (Å²) >= 11 is 6.66. The molecule has 0 spiro atoms. The number of rotatable bonds is 3. The van der Waals surface area contributed by atoms with Crippen molar-refractivity contribution in [2.75, 3.05) is 0 Å². The first-order valence-electron chi connectivity index (χ1n) is 12.1. The molecule has 0 radical (unpaired) electrons. The summed E-state index contributed by atoms with van der Waals surface area (Å²) in [4.78, 5) is 15.0. The van der Waals surface area contributed by atoms with Crippen LogP contribution in [0.2, 0.25) is 5.15 Å². The lowest BCUT2D eigenvalue weighted by Gasteiger charge is -2.14. The average molecular weight is 485 g/mol. The molecule has 0 amide bonds. The second-order valence-corrected chi connectivity index (χ2v) is 9.30. The monoisotopic (exact) mass is 484 g/mol. The first-order chi connectivity index (χ1) is 17.8. The number of para-hydroxylation sites is 1. The van der Waals surface area contributed by atoms with Crippen LogP contribution in [-0.4, -0.2) is 19.5 Å². The third-order valence-corrected chi connectivity index (χ3v) is 7.01. The maximum Gasteiger partial charge on any atom is 0.161 e. The lowest BCUT2D eigenvalue weighted by molar-refractivity contribution is 1.00. The SMILES string of the molecule is Clc1nc2c3ccccc3n(-c3cc(-c4ccccc4)nc(C4=CCCC=C4)n3)c2c2ccccc12. The Balaban J connectivity index is 1.62. The van der Waals surface area contributed by atoms with E-state index < -0.39 is 0 Å². The third kappa shape index (κ3) is 3.34. The van der Waals surface area contributed by atoms with Gasteiger partial charge in [0.05, 0.1) is 22.2 Å². The maximum atomic E-state index is 6.66. The Morgan fingerprint density at radius 1 is 0.722 bits per heavy atom. The summed E-state index contributed by atoms with van der Waals surface area (Å²) in [7, 11) is 0. The average Bonchev–Trinajstić information content (AvgIpc) is 3.28. The highest BCUT2D eigenvalue weighted by Gasteiger charge is 2.20. The molecule has 3 aromatic heterocycles. The van der Waals surface area contributed by atoms with E-state index in [0.717, 1.165) is 74.0 Å². The zero-order valence-corrected chi connectivity index (χ0v) is 20.2. The van der Waals surface area contributed by atoms with E-state index in [1.54, 1.807) is 0 Å². The third-order valence-electron chi connectivity index (χ3n) is 6.73. The second-order valence-electron chi connectivity index (χ2n) is 8.94. The molecule has 0 atom stereocenters. The molecule has 3 heterocycles. The Bertz CT molecular complexity index is 1850. The van der Waals surface area contributed by atoms with Gasteiger partial charge in [0.1, 0.15) is 11.0 Å². The summed E-state index contributed by atoms with van der Waals surface area (Å²) < 4.78 is 2.21. The van der Waals surface area contributed by atoms with Crippen molar-refractivity contribution in [2.45, 2.75) is 12.8 Å². The highest BCUT2D eigenvalue weighted by atomic mass is 35.5. The van der Waals surface area contributed by atoms with Crippen molar-refractivity contribution < 1.29 is 0 Å². The maximum absolute atomic E-state index is 6.66. The minimum Gasteiger partial charge on any atom is -0.291 e. The standard InChI is InChI=1S/C31H21ClN4/c32-30-23-16-8-7-15-22(23)29-28(35-30)24-17-9-10-18-26(24)36(29)27-19-25(20-11-3-1-4-12-20)33-31(34-27)21-13-5-2-6-14-21/h1,3-5,7-19H,2,6H2. The smallest absolute Gasteiger partial charge is 0.161 e. The molecular weight excluding hydrogens is 464 g/mol. The fourth-order valence-corrected chi connectivity index (χ4v) is 5.31. The Labute approximate surface area is 213 Å². The van der Waals surface area contributed by atoms with Gasteiger partial charge in [-0.1, -0.05) is 103 Å². The molecule has 6 aromatic rings. The minimum absolute atomic E-state index is 0.506. The molecule has 4 nitrogen and oxygen atoms in total. The van der Waals surface area contributed by atoms with Crippen molar-refractivity contribution in [2.24, 2.45) is 0 Å². The predicted octanol–water partition coefficient (Wildman–Crippen LogP) is 8.18. The highest BCUT2D eigenvalue weighted by Crippen LogP contribution is 2.38. The largest absolute Gasteiger partial charge is 0.291 e. The number of aromatic nitrogens is 4. The quantitative estimate of drug-likeness (QED) is 0.238. The number of fused-ring (bicyclic) bond motifs is 5. The van der Waals surface area contributed by atoms with Crippen LogP contribution in [0.25, 0.3) is 55.4 Å². The van der Waals surface area contributed by atoms with Gasteiger partial charge in [-0.2, -0.15) is 0 Å². The Hall–Kier alpha value is -4.28. The van der Waals surface area contributed by atoms with E-state index in [9.17, 15) is 0 Å². The lowest BCUT2D eigenvalue weighted by Crippen LogP contribution is -2.05. The zero-order valence-electron chi connectivity index (χ0n) is 19.4. The molecule has 0 saturated carbocycles. The van der Waals surface area contributed by atoms with Crippen LogP contribution >= 0.6 is 11.6 Å². The summed E-state index contributed by atoms with van der Waals surface area (Å²) in [6, 6.07) is 28.8. The van der Waals surface area contributed by atoms with Crippen molar-refractivity contribution in [1.82, 2.24) is 19.5 Å². The van der Waals surface area contributed by atoms with Gasteiger partial charge in [0.15, 0.2) is 5.82 Å². The molecule has 0 saturated heterocycles. The van der Waals surface area contributed by atoms with E-state index in [4.69, 9.17) is 26.6 Å². The number of hydrogen-bond donors (Lipinski definition) is 0. The van der Waals surface area contributed by atoms with Crippen LogP contribution in [0.4, 0.5) is 0 Å². The van der Waals surface area contributed by atoms with Gasteiger partial charge in [0.2, 0.25) is 0 Å². The highest BCUT2D eigenvalue weighted by molar-refractivity contribution is 6.36. The van der Waals surface area contributed by atoms with Crippen LogP contribution in [0.5, 0.6) is 0 Å². The Kier molecular flexibility index (Phi) is 4.93. The molecule has 0 N–H and O–H groups in total. The topological polar surface area (TPSA) is 43.6 Å². The minimum atomic E-state index is 0.506. The second kappa shape index (κ2) is 8.43. The van der Waals surface area contributed by atoms with Gasteiger partial charge in [0.25, 0.3) is 0 Å². The number of allylic oxidation sites excluding steroid dienone is 4. The number of nitrogens with zero attached hydrogens (tertiary/aromatic N) is 4. The molecule has 0 bridgehead atoms. The summed E-state index contributed by atoms with van der Waals surface area (Å²) in [5.74, 6) is 1.53. The van der Waals surface area contributed by atoms with Crippen molar-refractivity contribution in [1.29, 1.82) is 0 Å². The predicted molar refractivity (Wildman–Crippen MR) is 148 cm³/mol. The number of hydrogen-bond acceptors (Lipinski definition) is 3. The fourth-order valence-electron chi connectivity index (χ4n) is 5.06. The molecule has 36 heavy (non-hydrogen) atoms. The molecular formula is C31H21ClN4. The van der Waals surface area contributed by atoms with Crippen LogP contribution in [0, 0.1) is 0 Å². The van der Waals surface area contributed by atoms with Gasteiger partial charge in [-0.3, -0.25) is 4.57 Å². The van der Waals surface area contributed by atoms with Crippen LogP contribution in [0.3, 0.4) is 0 Å². The fraction of sp³-hybridized carbons (Fsp3) is 0.0645. The Morgan fingerprint density at radius 3 is 2.28 bits per heavy atom. The lowest BCUT2D eigenvalue weighted by atomic mass is 10.1. The molecule has 172 valence electrons. The summed E-state index contributed by atoms with van der Waals surface area (Å²) in [6.45, 7) is 0. The first-order valence-corrected chi connectivity index (χ1v) is 12.4. The van der Waals surface area contributed by atoms with Crippen LogP contribution in [-0.2, 0) is 0 Å². The molecule has 1 aliphatic rings. The molecule has 7 rings (SSSR count). The van der Waals surface area contributed by atoms with Gasteiger partial charge in [-0.05, 0) is 18.9 Å². The summed E-state index contributed by atoms with van der Waals surface area (Å²) in [6.07, 6.45) is 8.56.